The summed E-state index contributed by atoms with van der Waals surface area (Å²) in [6.07, 6.45) is 1.76. The second-order valence-electron chi connectivity index (χ2n) is 12.3. The molecule has 0 radical (unpaired) electrons. The highest BCUT2D eigenvalue weighted by Gasteiger charge is 2.35. The topological polar surface area (TPSA) is 82.0 Å². The Hall–Kier alpha value is -4.02. The van der Waals surface area contributed by atoms with E-state index in [2.05, 4.69) is 11.6 Å². The maximum Gasteiger partial charge on any atom is 0.319 e. The number of aromatic nitrogens is 2. The SMILES string of the molecule is C=CC(=O)N1C[C@H](C)N(c2nc(OCCN3CCC(C)(F)C3)nc3c(F)c(-c4c(O)ccc5ccccc45)c(Cl)cc23)C[C@H]1C. The molecule has 236 valence electrons. The number of likely N-dealkylation sites (tertiary alicyclic amines) is 1. The van der Waals surface area contributed by atoms with Gasteiger partial charge in [-0.1, -0.05) is 48.5 Å². The summed E-state index contributed by atoms with van der Waals surface area (Å²) in [6.45, 7) is 11.5. The first-order valence-electron chi connectivity index (χ1n) is 15.1. The Morgan fingerprint density at radius 3 is 2.67 bits per heavy atom. The number of anilines is 1. The van der Waals surface area contributed by atoms with E-state index in [9.17, 15) is 14.3 Å². The molecular formula is C34H36ClF2N5O3. The van der Waals surface area contributed by atoms with Crippen molar-refractivity contribution in [3.63, 3.8) is 0 Å². The molecule has 1 aromatic heterocycles. The van der Waals surface area contributed by atoms with E-state index in [0.29, 0.717) is 55.7 Å². The molecule has 11 heteroatoms. The van der Waals surface area contributed by atoms with Crippen LogP contribution >= 0.6 is 11.6 Å². The number of alkyl halides is 1. The lowest BCUT2D eigenvalue weighted by molar-refractivity contribution is -0.128. The molecule has 2 fully saturated rings. The molecule has 6 rings (SSSR count). The number of fused-ring (bicyclic) bond motifs is 2. The van der Waals surface area contributed by atoms with Crippen LogP contribution in [-0.4, -0.2) is 87.9 Å². The molecule has 3 aromatic carbocycles. The maximum atomic E-state index is 16.8. The second-order valence-corrected chi connectivity index (χ2v) is 12.7. The van der Waals surface area contributed by atoms with Crippen molar-refractivity contribution >= 4 is 45.0 Å². The van der Waals surface area contributed by atoms with Gasteiger partial charge in [-0.15, -0.1) is 0 Å². The minimum absolute atomic E-state index is 0.0105. The minimum atomic E-state index is -1.24. The number of rotatable bonds is 7. The van der Waals surface area contributed by atoms with Crippen LogP contribution in [0.15, 0.2) is 55.1 Å². The zero-order valence-corrected chi connectivity index (χ0v) is 26.3. The van der Waals surface area contributed by atoms with Crippen LogP contribution in [0.3, 0.4) is 0 Å². The van der Waals surface area contributed by atoms with E-state index < -0.39 is 11.5 Å². The number of aromatic hydroxyl groups is 1. The number of carbonyl (C=O) groups excluding carboxylic acids is 1. The summed E-state index contributed by atoms with van der Waals surface area (Å²) in [5.41, 5.74) is -0.956. The Kier molecular flexibility index (Phi) is 8.30. The predicted molar refractivity (Wildman–Crippen MR) is 173 cm³/mol. The number of hydrogen-bond donors (Lipinski definition) is 1. The quantitative estimate of drug-likeness (QED) is 0.236. The Balaban J connectivity index is 1.46. The number of benzene rings is 3. The van der Waals surface area contributed by atoms with Gasteiger partial charge in [-0.3, -0.25) is 9.69 Å². The highest BCUT2D eigenvalue weighted by Crippen LogP contribution is 2.45. The first-order chi connectivity index (χ1) is 21.5. The number of nitrogens with zero attached hydrogens (tertiary/aromatic N) is 5. The molecule has 0 spiro atoms. The summed E-state index contributed by atoms with van der Waals surface area (Å²) in [5.74, 6) is -0.570. The fourth-order valence-electron chi connectivity index (χ4n) is 6.51. The van der Waals surface area contributed by atoms with Crippen LogP contribution in [0, 0.1) is 5.82 Å². The molecule has 1 unspecified atom stereocenters. The zero-order chi connectivity index (χ0) is 32.0. The Labute approximate surface area is 265 Å². The third-order valence-electron chi connectivity index (χ3n) is 8.86. The summed E-state index contributed by atoms with van der Waals surface area (Å²) in [5, 5.41) is 12.9. The van der Waals surface area contributed by atoms with Crippen LogP contribution in [0.4, 0.5) is 14.6 Å². The van der Waals surface area contributed by atoms with Gasteiger partial charge in [-0.25, -0.2) is 8.78 Å². The summed E-state index contributed by atoms with van der Waals surface area (Å²) >= 11 is 6.84. The molecule has 2 aliphatic heterocycles. The van der Waals surface area contributed by atoms with Gasteiger partial charge in [0.05, 0.1) is 5.02 Å². The predicted octanol–water partition coefficient (Wildman–Crippen LogP) is 6.37. The van der Waals surface area contributed by atoms with E-state index in [-0.39, 0.29) is 58.0 Å². The zero-order valence-electron chi connectivity index (χ0n) is 25.6. The molecule has 45 heavy (non-hydrogen) atoms. The monoisotopic (exact) mass is 635 g/mol. The van der Waals surface area contributed by atoms with Gasteiger partial charge in [0.25, 0.3) is 0 Å². The Morgan fingerprint density at radius 1 is 1.16 bits per heavy atom. The van der Waals surface area contributed by atoms with Crippen LogP contribution in [0.5, 0.6) is 11.8 Å². The van der Waals surface area contributed by atoms with E-state index in [1.165, 1.54) is 12.1 Å². The van der Waals surface area contributed by atoms with Crippen LogP contribution in [0.25, 0.3) is 32.8 Å². The lowest BCUT2D eigenvalue weighted by atomic mass is 9.95. The van der Waals surface area contributed by atoms with Gasteiger partial charge in [-0.2, -0.15) is 9.97 Å². The molecule has 8 nitrogen and oxygen atoms in total. The molecule has 0 bridgehead atoms. The van der Waals surface area contributed by atoms with Crippen LogP contribution < -0.4 is 9.64 Å². The number of piperazine rings is 1. The van der Waals surface area contributed by atoms with Crippen LogP contribution in [-0.2, 0) is 4.79 Å². The smallest absolute Gasteiger partial charge is 0.319 e. The maximum absolute atomic E-state index is 16.8. The molecule has 3 heterocycles. The molecular weight excluding hydrogens is 600 g/mol. The molecule has 3 atom stereocenters. The number of carbonyl (C=O) groups is 1. The normalized spacial score (nSPS) is 22.4. The minimum Gasteiger partial charge on any atom is -0.507 e. The number of phenolic OH excluding ortho intramolecular Hbond substituents is 1. The summed E-state index contributed by atoms with van der Waals surface area (Å²) < 4.78 is 37.2. The van der Waals surface area contributed by atoms with Gasteiger partial charge in [0, 0.05) is 61.3 Å². The lowest BCUT2D eigenvalue weighted by Crippen LogP contribution is -2.58. The third-order valence-corrected chi connectivity index (χ3v) is 9.15. The highest BCUT2D eigenvalue weighted by atomic mass is 35.5. The first-order valence-corrected chi connectivity index (χ1v) is 15.5. The fourth-order valence-corrected chi connectivity index (χ4v) is 6.80. The average molecular weight is 636 g/mol. The summed E-state index contributed by atoms with van der Waals surface area (Å²) in [7, 11) is 0. The van der Waals surface area contributed by atoms with Crippen molar-refractivity contribution in [3.8, 4) is 22.9 Å². The van der Waals surface area contributed by atoms with E-state index >= 15 is 4.39 Å². The van der Waals surface area contributed by atoms with E-state index in [4.69, 9.17) is 21.3 Å². The first kappa shape index (κ1) is 31.0. The van der Waals surface area contributed by atoms with Crippen molar-refractivity contribution in [1.82, 2.24) is 19.8 Å². The number of phenols is 1. The Morgan fingerprint density at radius 2 is 1.93 bits per heavy atom. The molecule has 1 amide bonds. The van der Waals surface area contributed by atoms with E-state index in [0.717, 1.165) is 5.39 Å². The standard InChI is InChI=1S/C34H36ClF2N5O3/c1-5-27(44)41-17-21(3)42(18-20(41)2)32-24-16-25(35)29(28-23-9-7-6-8-22(23)10-11-26(28)43)30(36)31(24)38-33(39-32)45-15-14-40-13-12-34(4,37)19-40/h5-11,16,20-21,43H,1,12-15,17-19H2,2-4H3/t20-,21+,34?/m1/s1. The lowest BCUT2D eigenvalue weighted by Gasteiger charge is -2.44. The van der Waals surface area contributed by atoms with Crippen molar-refractivity contribution < 1.29 is 23.4 Å². The van der Waals surface area contributed by atoms with Crippen LogP contribution in [0.1, 0.15) is 27.2 Å². The molecule has 2 aliphatic rings. The van der Waals surface area contributed by atoms with Crippen molar-refractivity contribution in [2.45, 2.75) is 44.9 Å². The second kappa shape index (κ2) is 12.1. The van der Waals surface area contributed by atoms with Gasteiger partial charge in [-0.05, 0) is 56.2 Å². The fraction of sp³-hybridized carbons (Fsp3) is 0.382. The highest BCUT2D eigenvalue weighted by molar-refractivity contribution is 6.35. The molecule has 1 N–H and O–H groups in total. The van der Waals surface area contributed by atoms with Gasteiger partial charge < -0.3 is 19.6 Å². The van der Waals surface area contributed by atoms with Gasteiger partial charge in [0.15, 0.2) is 5.82 Å². The number of halogens is 3. The summed E-state index contributed by atoms with van der Waals surface area (Å²) in [6, 6.07) is 11.9. The van der Waals surface area contributed by atoms with Crippen molar-refractivity contribution in [2.75, 3.05) is 44.2 Å². The van der Waals surface area contributed by atoms with Gasteiger partial charge in [0.1, 0.15) is 29.4 Å². The number of amides is 1. The van der Waals surface area contributed by atoms with Gasteiger partial charge in [0.2, 0.25) is 5.91 Å². The third kappa shape index (κ3) is 5.89. The van der Waals surface area contributed by atoms with Crippen LogP contribution in [0.2, 0.25) is 5.02 Å². The Bertz CT molecular complexity index is 1800. The molecule has 2 saturated heterocycles. The van der Waals surface area contributed by atoms with Crippen molar-refractivity contribution in [3.05, 3.63) is 66.0 Å². The molecule has 0 saturated carbocycles. The average Bonchev–Trinajstić information content (AvgIpc) is 3.36. The number of hydrogen-bond acceptors (Lipinski definition) is 7. The largest absolute Gasteiger partial charge is 0.507 e. The van der Waals surface area contributed by atoms with Crippen molar-refractivity contribution in [1.29, 1.82) is 0 Å². The number of ether oxygens (including phenoxy) is 1. The van der Waals surface area contributed by atoms with Gasteiger partial charge >= 0.3 is 6.01 Å². The summed E-state index contributed by atoms with van der Waals surface area (Å²) in [4.78, 5) is 27.5. The molecule has 0 aliphatic carbocycles. The molecule has 4 aromatic rings. The van der Waals surface area contributed by atoms with E-state index in [1.807, 2.05) is 41.8 Å². The van der Waals surface area contributed by atoms with Crippen molar-refractivity contribution in [2.24, 2.45) is 0 Å². The van der Waals surface area contributed by atoms with E-state index in [1.54, 1.807) is 30.0 Å².